The van der Waals surface area contributed by atoms with Gasteiger partial charge in [0, 0.05) is 5.02 Å². The second kappa shape index (κ2) is 5.29. The zero-order valence-electron chi connectivity index (χ0n) is 10.3. The molecule has 0 saturated heterocycles. The lowest BCUT2D eigenvalue weighted by atomic mass is 9.99. The summed E-state index contributed by atoms with van der Waals surface area (Å²) in [5.74, 6) is 0. The van der Waals surface area contributed by atoms with Crippen molar-refractivity contribution in [2.75, 3.05) is 0 Å². The lowest BCUT2D eigenvalue weighted by Crippen LogP contribution is -1.81. The maximum atomic E-state index is 6.05. The van der Waals surface area contributed by atoms with Crippen LogP contribution in [0.1, 0.15) is 0 Å². The fourth-order valence-electron chi connectivity index (χ4n) is 2.11. The molecule has 91 valence electrons. The first-order valence-electron chi connectivity index (χ1n) is 6.16. The van der Waals surface area contributed by atoms with Gasteiger partial charge in [0.2, 0.25) is 0 Å². The summed E-state index contributed by atoms with van der Waals surface area (Å²) in [6.07, 6.45) is 0. The van der Waals surface area contributed by atoms with Gasteiger partial charge in [-0.05, 0) is 46.5 Å². The Morgan fingerprint density at radius 3 is 2.16 bits per heavy atom. The Balaban J connectivity index is 2.06. The summed E-state index contributed by atoms with van der Waals surface area (Å²) in [7, 11) is 0. The van der Waals surface area contributed by atoms with Gasteiger partial charge in [0.15, 0.2) is 0 Å². The van der Waals surface area contributed by atoms with Gasteiger partial charge in [-0.25, -0.2) is 0 Å². The minimum atomic E-state index is 0.758. The molecule has 0 unspecified atom stereocenters. The highest BCUT2D eigenvalue weighted by molar-refractivity contribution is 6.30. The van der Waals surface area contributed by atoms with E-state index in [0.717, 1.165) is 27.3 Å². The molecule has 0 aromatic heterocycles. The van der Waals surface area contributed by atoms with Crippen LogP contribution in [0.25, 0.3) is 22.3 Å². The number of halogens is 1. The van der Waals surface area contributed by atoms with Crippen LogP contribution in [-0.4, -0.2) is 0 Å². The van der Waals surface area contributed by atoms with Gasteiger partial charge in [-0.3, -0.25) is 0 Å². The van der Waals surface area contributed by atoms with E-state index in [9.17, 15) is 0 Å². The molecule has 0 bridgehead atoms. The lowest BCUT2D eigenvalue weighted by molar-refractivity contribution is 1.58. The maximum Gasteiger partial charge on any atom is 0.0412 e. The molecule has 0 N–H and O–H groups in total. The Morgan fingerprint density at radius 1 is 0.684 bits per heavy atom. The van der Waals surface area contributed by atoms with E-state index in [2.05, 4.69) is 42.5 Å². The Morgan fingerprint density at radius 2 is 1.42 bits per heavy atom. The zero-order valence-corrected chi connectivity index (χ0v) is 11.1. The van der Waals surface area contributed by atoms with E-state index in [1.165, 1.54) is 0 Å². The molecule has 1 radical (unpaired) electrons. The van der Waals surface area contributed by atoms with E-state index in [4.69, 9.17) is 11.6 Å². The van der Waals surface area contributed by atoms with Crippen molar-refractivity contribution in [3.63, 3.8) is 0 Å². The third-order valence-corrected chi connectivity index (χ3v) is 3.28. The summed E-state index contributed by atoms with van der Waals surface area (Å²) in [6, 6.07) is 27.6. The van der Waals surface area contributed by atoms with Crippen molar-refractivity contribution < 1.29 is 0 Å². The largest absolute Gasteiger partial charge is 0.0843 e. The maximum absolute atomic E-state index is 6.05. The van der Waals surface area contributed by atoms with Crippen molar-refractivity contribution >= 4 is 11.6 Å². The van der Waals surface area contributed by atoms with Crippen LogP contribution in [0.4, 0.5) is 0 Å². The Bertz CT molecular complexity index is 687. The van der Waals surface area contributed by atoms with Gasteiger partial charge in [-0.2, -0.15) is 0 Å². The standard InChI is InChI=1S/C18H12Cl/c19-18-11-5-10-17(13-18)16-9-4-8-15(12-16)14-6-2-1-3-7-14/h1-6,8-13H. The minimum Gasteiger partial charge on any atom is -0.0843 e. The van der Waals surface area contributed by atoms with E-state index < -0.39 is 0 Å². The molecule has 0 aliphatic rings. The van der Waals surface area contributed by atoms with Gasteiger partial charge < -0.3 is 0 Å². The molecule has 3 aromatic rings. The molecule has 3 aromatic carbocycles. The average Bonchev–Trinajstić information content (AvgIpc) is 2.48. The zero-order chi connectivity index (χ0) is 13.1. The molecule has 0 saturated carbocycles. The highest BCUT2D eigenvalue weighted by Crippen LogP contribution is 2.27. The van der Waals surface area contributed by atoms with Crippen molar-refractivity contribution in [1.82, 2.24) is 0 Å². The van der Waals surface area contributed by atoms with Gasteiger partial charge in [-0.1, -0.05) is 66.2 Å². The number of hydrogen-bond acceptors (Lipinski definition) is 0. The van der Waals surface area contributed by atoms with Crippen LogP contribution in [0.15, 0.2) is 72.8 Å². The molecule has 1 heteroatoms. The van der Waals surface area contributed by atoms with Crippen LogP contribution in [0.2, 0.25) is 5.02 Å². The second-order valence-corrected chi connectivity index (χ2v) is 4.80. The molecular formula is C18H12Cl. The van der Waals surface area contributed by atoms with Crippen LogP contribution >= 0.6 is 11.6 Å². The average molecular weight is 264 g/mol. The SMILES string of the molecule is Clc1cccc(-c2cccc(-c3[c]cccc3)c2)c1. The monoisotopic (exact) mass is 263 g/mol. The molecule has 0 amide bonds. The van der Waals surface area contributed by atoms with E-state index >= 15 is 0 Å². The van der Waals surface area contributed by atoms with Crippen molar-refractivity contribution in [3.05, 3.63) is 83.9 Å². The summed E-state index contributed by atoms with van der Waals surface area (Å²) >= 11 is 6.05. The molecule has 0 fully saturated rings. The third kappa shape index (κ3) is 2.69. The van der Waals surface area contributed by atoms with Gasteiger partial charge in [0.25, 0.3) is 0 Å². The first-order valence-corrected chi connectivity index (χ1v) is 6.54. The molecule has 0 spiro atoms. The second-order valence-electron chi connectivity index (χ2n) is 4.37. The van der Waals surface area contributed by atoms with Crippen molar-refractivity contribution in [2.45, 2.75) is 0 Å². The summed E-state index contributed by atoms with van der Waals surface area (Å²) < 4.78 is 0. The van der Waals surface area contributed by atoms with Gasteiger partial charge in [0.1, 0.15) is 0 Å². The van der Waals surface area contributed by atoms with Crippen molar-refractivity contribution in [3.8, 4) is 22.3 Å². The molecule has 0 nitrogen and oxygen atoms in total. The number of benzene rings is 3. The van der Waals surface area contributed by atoms with Crippen molar-refractivity contribution in [1.29, 1.82) is 0 Å². The first kappa shape index (κ1) is 12.0. The first-order chi connectivity index (χ1) is 9.33. The van der Waals surface area contributed by atoms with Crippen LogP contribution < -0.4 is 0 Å². The van der Waals surface area contributed by atoms with E-state index in [-0.39, 0.29) is 0 Å². The van der Waals surface area contributed by atoms with E-state index in [1.54, 1.807) is 0 Å². The minimum absolute atomic E-state index is 0.758. The summed E-state index contributed by atoms with van der Waals surface area (Å²) in [4.78, 5) is 0. The van der Waals surface area contributed by atoms with Gasteiger partial charge >= 0.3 is 0 Å². The Kier molecular flexibility index (Phi) is 3.35. The Labute approximate surface area is 118 Å². The van der Waals surface area contributed by atoms with Crippen LogP contribution in [-0.2, 0) is 0 Å². The highest BCUT2D eigenvalue weighted by atomic mass is 35.5. The predicted octanol–water partition coefficient (Wildman–Crippen LogP) is 5.47. The molecule has 0 aliphatic heterocycles. The summed E-state index contributed by atoms with van der Waals surface area (Å²) in [5.41, 5.74) is 4.56. The van der Waals surface area contributed by atoms with Gasteiger partial charge in [0.05, 0.1) is 0 Å². The fourth-order valence-corrected chi connectivity index (χ4v) is 2.30. The van der Waals surface area contributed by atoms with E-state index in [1.807, 2.05) is 36.4 Å². The molecular weight excluding hydrogens is 252 g/mol. The summed E-state index contributed by atoms with van der Waals surface area (Å²) in [6.45, 7) is 0. The van der Waals surface area contributed by atoms with Crippen molar-refractivity contribution in [2.24, 2.45) is 0 Å². The molecule has 0 atom stereocenters. The van der Waals surface area contributed by atoms with Gasteiger partial charge in [-0.15, -0.1) is 0 Å². The van der Waals surface area contributed by atoms with Crippen LogP contribution in [0, 0.1) is 6.07 Å². The predicted molar refractivity (Wildman–Crippen MR) is 81.2 cm³/mol. The topological polar surface area (TPSA) is 0 Å². The number of rotatable bonds is 2. The van der Waals surface area contributed by atoms with Crippen LogP contribution in [0.5, 0.6) is 0 Å². The van der Waals surface area contributed by atoms with E-state index in [0.29, 0.717) is 0 Å². The third-order valence-electron chi connectivity index (χ3n) is 3.04. The summed E-state index contributed by atoms with van der Waals surface area (Å²) in [5, 5.41) is 0.758. The molecule has 19 heavy (non-hydrogen) atoms. The molecule has 3 rings (SSSR count). The molecule has 0 heterocycles. The normalized spacial score (nSPS) is 10.4. The molecule has 0 aliphatic carbocycles. The highest BCUT2D eigenvalue weighted by Gasteiger charge is 2.01. The smallest absolute Gasteiger partial charge is 0.0412 e. The number of hydrogen-bond donors (Lipinski definition) is 0. The lowest BCUT2D eigenvalue weighted by Gasteiger charge is -2.06. The van der Waals surface area contributed by atoms with Crippen LogP contribution in [0.3, 0.4) is 0 Å². The Hall–Kier alpha value is -2.05. The fraction of sp³-hybridized carbons (Fsp3) is 0. The quantitative estimate of drug-likeness (QED) is 0.575.